The molecule has 0 aromatic carbocycles. The van der Waals surface area contributed by atoms with Crippen molar-refractivity contribution in [1.29, 1.82) is 0 Å². The molecule has 1 aliphatic rings. The average Bonchev–Trinajstić information content (AvgIpc) is 2.36. The molecule has 17 heavy (non-hydrogen) atoms. The zero-order chi connectivity index (χ0) is 12.2. The monoisotopic (exact) mass is 237 g/mol. The lowest BCUT2D eigenvalue weighted by atomic mass is 9.88. The van der Waals surface area contributed by atoms with Crippen molar-refractivity contribution in [2.75, 3.05) is 0 Å². The molecule has 1 aliphatic carbocycles. The first kappa shape index (κ1) is 15.1. The Morgan fingerprint density at radius 1 is 0.765 bits per heavy atom. The normalized spacial score (nSPS) is 20.3. The number of unbranched alkanes of at least 4 members (excludes halogenated alkanes) is 4. The molecule has 101 valence electrons. The van der Waals surface area contributed by atoms with Gasteiger partial charge in [-0.2, -0.15) is 0 Å². The molecule has 0 nitrogen and oxygen atoms in total. The predicted molar refractivity (Wildman–Crippen MR) is 78.1 cm³/mol. The maximum Gasteiger partial charge on any atom is -0.0355 e. The Labute approximate surface area is 110 Å². The van der Waals surface area contributed by atoms with Gasteiger partial charge in [-0.1, -0.05) is 90.4 Å². The van der Waals surface area contributed by atoms with Gasteiger partial charge in [0.05, 0.1) is 0 Å². The number of hydrogen-bond donors (Lipinski definition) is 0. The van der Waals surface area contributed by atoms with E-state index in [1.54, 1.807) is 0 Å². The minimum Gasteiger partial charge on any atom is -0.0654 e. The van der Waals surface area contributed by atoms with Gasteiger partial charge in [-0.15, -0.1) is 0 Å². The number of rotatable bonds is 6. The molecule has 0 heteroatoms. The second-order valence-electron chi connectivity index (χ2n) is 5.90. The van der Waals surface area contributed by atoms with Crippen LogP contribution in [0.1, 0.15) is 96.8 Å². The molecule has 1 rings (SSSR count). The van der Waals surface area contributed by atoms with Crippen LogP contribution in [0, 0.1) is 12.3 Å². The van der Waals surface area contributed by atoms with Gasteiger partial charge in [-0.05, 0) is 18.8 Å². The lowest BCUT2D eigenvalue weighted by Crippen LogP contribution is -2.03. The lowest BCUT2D eigenvalue weighted by molar-refractivity contribution is 0.415. The number of hydrogen-bond acceptors (Lipinski definition) is 0. The molecule has 0 bridgehead atoms. The quantitative estimate of drug-likeness (QED) is 0.475. The molecule has 0 amide bonds. The highest BCUT2D eigenvalue weighted by Crippen LogP contribution is 2.25. The summed E-state index contributed by atoms with van der Waals surface area (Å²) in [6.07, 6.45) is 23.1. The summed E-state index contributed by atoms with van der Waals surface area (Å²) in [4.78, 5) is 0. The Morgan fingerprint density at radius 3 is 1.94 bits per heavy atom. The van der Waals surface area contributed by atoms with Gasteiger partial charge in [-0.25, -0.2) is 0 Å². The van der Waals surface area contributed by atoms with Crippen LogP contribution in [0.3, 0.4) is 0 Å². The highest BCUT2D eigenvalue weighted by Gasteiger charge is 2.09. The summed E-state index contributed by atoms with van der Waals surface area (Å²) in [5, 5.41) is 0. The van der Waals surface area contributed by atoms with E-state index < -0.39 is 0 Å². The summed E-state index contributed by atoms with van der Waals surface area (Å²) in [5.41, 5.74) is 0. The minimum atomic E-state index is 0.953. The molecule has 0 unspecified atom stereocenters. The van der Waals surface area contributed by atoms with Crippen molar-refractivity contribution in [3.63, 3.8) is 0 Å². The summed E-state index contributed by atoms with van der Waals surface area (Å²) >= 11 is 0. The summed E-state index contributed by atoms with van der Waals surface area (Å²) < 4.78 is 0. The van der Waals surface area contributed by atoms with Crippen molar-refractivity contribution in [3.05, 3.63) is 6.42 Å². The van der Waals surface area contributed by atoms with E-state index in [4.69, 9.17) is 0 Å². The Balaban J connectivity index is 2.05. The highest BCUT2D eigenvalue weighted by molar-refractivity contribution is 4.77. The van der Waals surface area contributed by atoms with E-state index in [2.05, 4.69) is 13.3 Å². The predicted octanol–water partition coefficient (Wildman–Crippen LogP) is 6.30. The molecule has 0 aromatic heterocycles. The fraction of sp³-hybridized carbons (Fsp3) is 0.941. The van der Waals surface area contributed by atoms with Crippen LogP contribution in [0.25, 0.3) is 0 Å². The molecular weight excluding hydrogens is 204 g/mol. The van der Waals surface area contributed by atoms with Crippen LogP contribution in [0.2, 0.25) is 0 Å². The van der Waals surface area contributed by atoms with Crippen LogP contribution in [-0.4, -0.2) is 0 Å². The third-order valence-electron chi connectivity index (χ3n) is 4.21. The minimum absolute atomic E-state index is 0.953. The largest absolute Gasteiger partial charge is 0.0654 e. The highest BCUT2D eigenvalue weighted by atomic mass is 14.2. The fourth-order valence-electron chi connectivity index (χ4n) is 3.00. The van der Waals surface area contributed by atoms with Crippen LogP contribution < -0.4 is 0 Å². The third kappa shape index (κ3) is 8.69. The average molecular weight is 237 g/mol. The van der Waals surface area contributed by atoms with E-state index in [0.29, 0.717) is 0 Å². The molecule has 0 spiro atoms. The summed E-state index contributed by atoms with van der Waals surface area (Å²) in [6, 6.07) is 0. The molecule has 0 heterocycles. The van der Waals surface area contributed by atoms with Gasteiger partial charge in [-0.3, -0.25) is 0 Å². The zero-order valence-corrected chi connectivity index (χ0v) is 12.1. The summed E-state index contributed by atoms with van der Waals surface area (Å²) in [5.74, 6) is 0.953. The van der Waals surface area contributed by atoms with Crippen LogP contribution in [0.15, 0.2) is 0 Å². The van der Waals surface area contributed by atoms with Crippen molar-refractivity contribution in [2.24, 2.45) is 5.92 Å². The maximum absolute atomic E-state index is 2.66. The van der Waals surface area contributed by atoms with Crippen molar-refractivity contribution in [1.82, 2.24) is 0 Å². The second-order valence-corrected chi connectivity index (χ2v) is 5.90. The molecule has 0 saturated heterocycles. The molecular formula is C17H33. The van der Waals surface area contributed by atoms with Gasteiger partial charge < -0.3 is 0 Å². The van der Waals surface area contributed by atoms with Gasteiger partial charge in [0.2, 0.25) is 0 Å². The van der Waals surface area contributed by atoms with Crippen molar-refractivity contribution < 1.29 is 0 Å². The lowest BCUT2D eigenvalue weighted by Gasteiger charge is -2.18. The van der Waals surface area contributed by atoms with Gasteiger partial charge in [0.25, 0.3) is 0 Å². The summed E-state index contributed by atoms with van der Waals surface area (Å²) in [6.45, 7) is 2.30. The third-order valence-corrected chi connectivity index (χ3v) is 4.21. The van der Waals surface area contributed by atoms with Gasteiger partial charge in [0.1, 0.15) is 0 Å². The van der Waals surface area contributed by atoms with Gasteiger partial charge in [0.15, 0.2) is 0 Å². The zero-order valence-electron chi connectivity index (χ0n) is 12.1. The molecule has 0 aliphatic heterocycles. The maximum atomic E-state index is 2.66. The first-order valence-electron chi connectivity index (χ1n) is 8.27. The van der Waals surface area contributed by atoms with Crippen LogP contribution in [0.5, 0.6) is 0 Å². The SMILES string of the molecule is CCCCCC[CH]C1CCCCCCCCC1. The Hall–Kier alpha value is 0. The molecule has 0 N–H and O–H groups in total. The van der Waals surface area contributed by atoms with Crippen molar-refractivity contribution >= 4 is 0 Å². The standard InChI is InChI=1S/C17H33/c1-2-3-4-8-11-14-17-15-12-9-6-5-7-10-13-16-17/h14,17H,2-13,15-16H2,1H3. The molecule has 1 saturated carbocycles. The van der Waals surface area contributed by atoms with E-state index in [9.17, 15) is 0 Å². The van der Waals surface area contributed by atoms with E-state index in [1.165, 1.54) is 89.9 Å². The first-order valence-corrected chi connectivity index (χ1v) is 8.27. The smallest absolute Gasteiger partial charge is 0.0355 e. The van der Waals surface area contributed by atoms with Crippen molar-refractivity contribution in [2.45, 2.75) is 96.8 Å². The molecule has 1 radical (unpaired) electrons. The fourth-order valence-corrected chi connectivity index (χ4v) is 3.00. The van der Waals surface area contributed by atoms with E-state index in [0.717, 1.165) is 5.92 Å². The van der Waals surface area contributed by atoms with Crippen molar-refractivity contribution in [3.8, 4) is 0 Å². The van der Waals surface area contributed by atoms with Gasteiger partial charge >= 0.3 is 0 Å². The molecule has 0 aromatic rings. The van der Waals surface area contributed by atoms with Crippen LogP contribution in [-0.2, 0) is 0 Å². The topological polar surface area (TPSA) is 0 Å². The second kappa shape index (κ2) is 11.1. The van der Waals surface area contributed by atoms with E-state index in [-0.39, 0.29) is 0 Å². The molecule has 0 atom stereocenters. The Morgan fingerprint density at radius 2 is 1.35 bits per heavy atom. The van der Waals surface area contributed by atoms with E-state index >= 15 is 0 Å². The first-order chi connectivity index (χ1) is 8.43. The van der Waals surface area contributed by atoms with Crippen LogP contribution in [0.4, 0.5) is 0 Å². The Kier molecular flexibility index (Phi) is 9.84. The summed E-state index contributed by atoms with van der Waals surface area (Å²) in [7, 11) is 0. The van der Waals surface area contributed by atoms with Crippen LogP contribution >= 0.6 is 0 Å². The van der Waals surface area contributed by atoms with E-state index in [1.807, 2.05) is 0 Å². The molecule has 1 fully saturated rings. The van der Waals surface area contributed by atoms with Gasteiger partial charge in [0, 0.05) is 0 Å². The Bertz CT molecular complexity index is 140.